The molecule has 8 nitrogen and oxygen atoms in total. The minimum atomic E-state index is -0.0675. The molecule has 0 radical (unpaired) electrons. The first-order valence-corrected chi connectivity index (χ1v) is 8.27. The first-order valence-electron chi connectivity index (χ1n) is 8.27. The van der Waals surface area contributed by atoms with Crippen molar-refractivity contribution in [1.29, 1.82) is 0 Å². The van der Waals surface area contributed by atoms with E-state index in [1.165, 1.54) is 19.1 Å². The monoisotopic (exact) mass is 331 g/mol. The zero-order valence-corrected chi connectivity index (χ0v) is 13.9. The number of H-pyrrole nitrogens is 1. The molecular formula is C16H21N5O3. The van der Waals surface area contributed by atoms with Crippen molar-refractivity contribution < 1.29 is 14.1 Å². The predicted molar refractivity (Wildman–Crippen MR) is 83.2 cm³/mol. The normalized spacial score (nSPS) is 23.8. The number of aryl methyl sites for hydroxylation is 1. The van der Waals surface area contributed by atoms with Crippen LogP contribution < -0.4 is 0 Å². The van der Waals surface area contributed by atoms with E-state index in [0.717, 1.165) is 23.8 Å². The van der Waals surface area contributed by atoms with E-state index in [0.29, 0.717) is 30.7 Å². The lowest BCUT2D eigenvalue weighted by molar-refractivity contribution is 0.0773. The number of aromatic amines is 1. The van der Waals surface area contributed by atoms with Crippen LogP contribution in [0.15, 0.2) is 10.8 Å². The van der Waals surface area contributed by atoms with Crippen molar-refractivity contribution in [2.45, 2.75) is 32.3 Å². The van der Waals surface area contributed by atoms with Gasteiger partial charge in [0.1, 0.15) is 12.9 Å². The first kappa shape index (κ1) is 15.3. The second-order valence-corrected chi connectivity index (χ2v) is 6.74. The van der Waals surface area contributed by atoms with E-state index < -0.39 is 0 Å². The van der Waals surface area contributed by atoms with E-state index >= 15 is 0 Å². The van der Waals surface area contributed by atoms with Crippen LogP contribution in [0.4, 0.5) is 0 Å². The maximum atomic E-state index is 12.7. The molecule has 0 bridgehead atoms. The molecule has 1 aliphatic heterocycles. The van der Waals surface area contributed by atoms with Crippen molar-refractivity contribution in [3.05, 3.63) is 29.2 Å². The highest BCUT2D eigenvalue weighted by Crippen LogP contribution is 2.47. The van der Waals surface area contributed by atoms with E-state index in [-0.39, 0.29) is 11.8 Å². The van der Waals surface area contributed by atoms with Gasteiger partial charge < -0.3 is 14.2 Å². The average Bonchev–Trinajstić information content (AvgIpc) is 2.99. The van der Waals surface area contributed by atoms with Gasteiger partial charge in [0, 0.05) is 31.7 Å². The van der Waals surface area contributed by atoms with Crippen LogP contribution in [0.25, 0.3) is 0 Å². The van der Waals surface area contributed by atoms with Gasteiger partial charge in [0.25, 0.3) is 5.91 Å². The highest BCUT2D eigenvalue weighted by Gasteiger charge is 2.46. The lowest BCUT2D eigenvalue weighted by atomic mass is 9.91. The number of nitrogens with one attached hydrogen (secondary N) is 1. The molecule has 8 heteroatoms. The largest absolute Gasteiger partial charge is 0.377 e. The minimum absolute atomic E-state index is 0.0675. The number of nitrogens with zero attached hydrogens (tertiary/aromatic N) is 4. The van der Waals surface area contributed by atoms with Crippen LogP contribution >= 0.6 is 0 Å². The van der Waals surface area contributed by atoms with Gasteiger partial charge >= 0.3 is 0 Å². The predicted octanol–water partition coefficient (Wildman–Crippen LogP) is 1.51. The minimum Gasteiger partial charge on any atom is -0.377 e. The number of hydrogen-bond donors (Lipinski definition) is 1. The first-order chi connectivity index (χ1) is 11.7. The zero-order valence-electron chi connectivity index (χ0n) is 13.9. The van der Waals surface area contributed by atoms with Gasteiger partial charge in [-0.1, -0.05) is 5.16 Å². The Bertz CT molecular complexity index is 736. The summed E-state index contributed by atoms with van der Waals surface area (Å²) >= 11 is 0. The fraction of sp³-hybridized carbons (Fsp3) is 0.625. The number of amides is 1. The second-order valence-electron chi connectivity index (χ2n) is 6.74. The molecule has 128 valence electrons. The highest BCUT2D eigenvalue weighted by molar-refractivity contribution is 5.93. The SMILES string of the molecule is COCc1nc([C@H]2CN(C(=O)c3nocc3C)C[C@@H]2C2CC2)n[nH]1. The number of methoxy groups -OCH3 is 1. The van der Waals surface area contributed by atoms with Crippen molar-refractivity contribution in [3.63, 3.8) is 0 Å². The third kappa shape index (κ3) is 2.71. The molecule has 2 aromatic rings. The van der Waals surface area contributed by atoms with Crippen molar-refractivity contribution >= 4 is 5.91 Å². The van der Waals surface area contributed by atoms with E-state index in [2.05, 4.69) is 20.3 Å². The van der Waals surface area contributed by atoms with Crippen molar-refractivity contribution in [2.75, 3.05) is 20.2 Å². The van der Waals surface area contributed by atoms with Crippen LogP contribution in [0.3, 0.4) is 0 Å². The summed E-state index contributed by atoms with van der Waals surface area (Å²) in [5.74, 6) is 2.67. The second kappa shape index (κ2) is 6.01. The third-order valence-corrected chi connectivity index (χ3v) is 4.99. The number of ether oxygens (including phenoxy) is 1. The number of carbonyl (C=O) groups excluding carboxylic acids is 1. The summed E-state index contributed by atoms with van der Waals surface area (Å²) in [5.41, 5.74) is 1.17. The van der Waals surface area contributed by atoms with Gasteiger partial charge in [-0.25, -0.2) is 4.98 Å². The van der Waals surface area contributed by atoms with Crippen LogP contribution in [0.1, 0.15) is 46.5 Å². The summed E-state index contributed by atoms with van der Waals surface area (Å²) in [6, 6.07) is 0. The van der Waals surface area contributed by atoms with Gasteiger partial charge in [-0.2, -0.15) is 5.10 Å². The molecule has 2 atom stereocenters. The molecule has 1 N–H and O–H groups in total. The summed E-state index contributed by atoms with van der Waals surface area (Å²) in [7, 11) is 1.63. The van der Waals surface area contributed by atoms with Crippen molar-refractivity contribution in [3.8, 4) is 0 Å². The molecule has 4 rings (SSSR count). The van der Waals surface area contributed by atoms with Crippen molar-refractivity contribution in [2.24, 2.45) is 11.8 Å². The molecule has 0 spiro atoms. The average molecular weight is 331 g/mol. The Morgan fingerprint density at radius 2 is 2.29 bits per heavy atom. The topological polar surface area (TPSA) is 97.1 Å². The van der Waals surface area contributed by atoms with Crippen LogP contribution in [0.2, 0.25) is 0 Å². The molecule has 1 amide bonds. The Balaban J connectivity index is 1.55. The van der Waals surface area contributed by atoms with Crippen LogP contribution in [-0.2, 0) is 11.3 Å². The van der Waals surface area contributed by atoms with Gasteiger partial charge in [0.05, 0.1) is 0 Å². The molecule has 3 heterocycles. The number of aromatic nitrogens is 4. The molecule has 2 aliphatic rings. The van der Waals surface area contributed by atoms with E-state index in [9.17, 15) is 4.79 Å². The molecule has 1 aliphatic carbocycles. The Hall–Kier alpha value is -2.22. The molecule has 2 aromatic heterocycles. The summed E-state index contributed by atoms with van der Waals surface area (Å²) in [4.78, 5) is 19.2. The quantitative estimate of drug-likeness (QED) is 0.892. The lowest BCUT2D eigenvalue weighted by Crippen LogP contribution is -2.30. The fourth-order valence-corrected chi connectivity index (χ4v) is 3.59. The molecule has 0 aromatic carbocycles. The smallest absolute Gasteiger partial charge is 0.276 e. The number of likely N-dealkylation sites (tertiary alicyclic amines) is 1. The highest BCUT2D eigenvalue weighted by atomic mass is 16.5. The van der Waals surface area contributed by atoms with Crippen LogP contribution in [0, 0.1) is 18.8 Å². The fourth-order valence-electron chi connectivity index (χ4n) is 3.59. The summed E-state index contributed by atoms with van der Waals surface area (Å²) in [6.45, 7) is 3.60. The van der Waals surface area contributed by atoms with E-state index in [4.69, 9.17) is 9.26 Å². The lowest BCUT2D eigenvalue weighted by Gasteiger charge is -2.14. The Morgan fingerprint density at radius 3 is 2.96 bits per heavy atom. The third-order valence-electron chi connectivity index (χ3n) is 4.99. The standard InChI is InChI=1S/C16H21N5O3/c1-9-7-24-20-14(9)16(22)21-5-11(10-3-4-10)12(6-21)15-17-13(8-23-2)18-19-15/h7,10-12H,3-6,8H2,1-2H3,(H,17,18,19)/t11-,12+/m1/s1. The Labute approximate surface area is 139 Å². The maximum absolute atomic E-state index is 12.7. The van der Waals surface area contributed by atoms with Gasteiger partial charge in [0.15, 0.2) is 17.3 Å². The van der Waals surface area contributed by atoms with E-state index in [1.54, 1.807) is 7.11 Å². The van der Waals surface area contributed by atoms with Crippen molar-refractivity contribution in [1.82, 2.24) is 25.2 Å². The van der Waals surface area contributed by atoms with Gasteiger partial charge in [-0.05, 0) is 31.6 Å². The number of rotatable bonds is 5. The van der Waals surface area contributed by atoms with Crippen LogP contribution in [0.5, 0.6) is 0 Å². The van der Waals surface area contributed by atoms with Crippen LogP contribution in [-0.4, -0.2) is 51.3 Å². The zero-order chi connectivity index (χ0) is 16.7. The maximum Gasteiger partial charge on any atom is 0.276 e. The van der Waals surface area contributed by atoms with Gasteiger partial charge in [0.2, 0.25) is 0 Å². The Morgan fingerprint density at radius 1 is 1.46 bits per heavy atom. The summed E-state index contributed by atoms with van der Waals surface area (Å²) in [5, 5.41) is 11.1. The van der Waals surface area contributed by atoms with E-state index in [1.807, 2.05) is 11.8 Å². The molecule has 0 unspecified atom stereocenters. The van der Waals surface area contributed by atoms with Gasteiger partial charge in [-0.3, -0.25) is 9.89 Å². The number of carbonyl (C=O) groups is 1. The molecule has 1 saturated carbocycles. The number of hydrogen-bond acceptors (Lipinski definition) is 6. The van der Waals surface area contributed by atoms with Gasteiger partial charge in [-0.15, -0.1) is 0 Å². The molecule has 2 fully saturated rings. The Kier molecular flexibility index (Phi) is 3.84. The molecule has 24 heavy (non-hydrogen) atoms. The summed E-state index contributed by atoms with van der Waals surface area (Å²) in [6.07, 6.45) is 3.95. The summed E-state index contributed by atoms with van der Waals surface area (Å²) < 4.78 is 10.0. The molecule has 1 saturated heterocycles. The molecular weight excluding hydrogens is 310 g/mol.